The van der Waals surface area contributed by atoms with Crippen LogP contribution in [0.25, 0.3) is 0 Å². The van der Waals surface area contributed by atoms with Gasteiger partial charge in [0.1, 0.15) is 11.6 Å². The van der Waals surface area contributed by atoms with E-state index in [1.165, 1.54) is 6.07 Å². The molecule has 1 heterocycles. The van der Waals surface area contributed by atoms with Gasteiger partial charge in [-0.1, -0.05) is 13.0 Å². The zero-order valence-electron chi connectivity index (χ0n) is 13.4. The summed E-state index contributed by atoms with van der Waals surface area (Å²) in [5, 5.41) is 3.08. The fourth-order valence-electron chi connectivity index (χ4n) is 3.10. The summed E-state index contributed by atoms with van der Waals surface area (Å²) in [4.78, 5) is 8.66. The van der Waals surface area contributed by atoms with Crippen LogP contribution in [0, 0.1) is 11.6 Å². The minimum atomic E-state index is -0.529. The molecule has 1 unspecified atom stereocenters. The highest BCUT2D eigenvalue weighted by Gasteiger charge is 2.26. The summed E-state index contributed by atoms with van der Waals surface area (Å²) >= 11 is 0. The highest BCUT2D eigenvalue weighted by molar-refractivity contribution is 5.79. The molecule has 4 nitrogen and oxygen atoms in total. The first-order valence-electron chi connectivity index (χ1n) is 7.69. The lowest BCUT2D eigenvalue weighted by Crippen LogP contribution is -2.52. The summed E-state index contributed by atoms with van der Waals surface area (Å²) in [7, 11) is 3.62. The van der Waals surface area contributed by atoms with E-state index in [0.29, 0.717) is 5.56 Å². The van der Waals surface area contributed by atoms with Crippen molar-refractivity contribution in [2.45, 2.75) is 19.4 Å². The average Bonchev–Trinajstić information content (AvgIpc) is 2.52. The van der Waals surface area contributed by atoms with Crippen LogP contribution >= 0.6 is 0 Å². The van der Waals surface area contributed by atoms with Crippen molar-refractivity contribution in [3.05, 3.63) is 35.4 Å². The molecule has 0 aliphatic carbocycles. The van der Waals surface area contributed by atoms with Crippen molar-refractivity contribution in [2.24, 2.45) is 4.99 Å². The third-order valence-corrected chi connectivity index (χ3v) is 4.20. The molecule has 122 valence electrons. The molecular weight excluding hydrogens is 286 g/mol. The van der Waals surface area contributed by atoms with Gasteiger partial charge in [-0.3, -0.25) is 9.89 Å². The Bertz CT molecular complexity index is 525. The third kappa shape index (κ3) is 3.55. The molecule has 1 saturated heterocycles. The van der Waals surface area contributed by atoms with Crippen molar-refractivity contribution in [1.82, 2.24) is 15.1 Å². The summed E-state index contributed by atoms with van der Waals surface area (Å²) in [5.74, 6) is -0.111. The lowest BCUT2D eigenvalue weighted by Gasteiger charge is -2.40. The van der Waals surface area contributed by atoms with Gasteiger partial charge in [0.05, 0.1) is 0 Å². The van der Waals surface area contributed by atoms with Gasteiger partial charge < -0.3 is 10.2 Å². The Morgan fingerprint density at radius 2 is 1.95 bits per heavy atom. The predicted octanol–water partition coefficient (Wildman–Crippen LogP) is 2.24. The molecule has 0 amide bonds. The Morgan fingerprint density at radius 3 is 2.45 bits per heavy atom. The molecule has 22 heavy (non-hydrogen) atoms. The van der Waals surface area contributed by atoms with E-state index in [0.717, 1.165) is 44.6 Å². The van der Waals surface area contributed by atoms with Crippen LogP contribution in [0.15, 0.2) is 23.2 Å². The summed E-state index contributed by atoms with van der Waals surface area (Å²) in [6.07, 6.45) is 0.795. The number of benzene rings is 1. The minimum absolute atomic E-state index is 0.0145. The van der Waals surface area contributed by atoms with E-state index in [1.54, 1.807) is 13.1 Å². The van der Waals surface area contributed by atoms with Gasteiger partial charge in [0.25, 0.3) is 0 Å². The smallest absolute Gasteiger partial charge is 0.193 e. The van der Waals surface area contributed by atoms with Crippen LogP contribution in [-0.4, -0.2) is 56.0 Å². The fraction of sp³-hybridized carbons (Fsp3) is 0.562. The molecule has 1 aliphatic heterocycles. The predicted molar refractivity (Wildman–Crippen MR) is 85.0 cm³/mol. The maximum Gasteiger partial charge on any atom is 0.193 e. The Kier molecular flexibility index (Phi) is 5.71. The Labute approximate surface area is 130 Å². The van der Waals surface area contributed by atoms with Crippen LogP contribution in [0.2, 0.25) is 0 Å². The number of halogens is 2. The molecule has 0 saturated carbocycles. The third-order valence-electron chi connectivity index (χ3n) is 4.20. The van der Waals surface area contributed by atoms with Gasteiger partial charge in [-0.2, -0.15) is 0 Å². The molecule has 0 aromatic heterocycles. The van der Waals surface area contributed by atoms with Gasteiger partial charge in [0.15, 0.2) is 5.96 Å². The molecule has 1 fully saturated rings. The molecule has 0 spiro atoms. The van der Waals surface area contributed by atoms with Crippen molar-refractivity contribution in [2.75, 3.05) is 40.3 Å². The molecule has 1 aromatic rings. The van der Waals surface area contributed by atoms with E-state index in [1.807, 2.05) is 14.0 Å². The molecule has 1 atom stereocenters. The molecule has 6 heteroatoms. The number of hydrogen-bond donors (Lipinski definition) is 1. The van der Waals surface area contributed by atoms with E-state index in [4.69, 9.17) is 0 Å². The first kappa shape index (κ1) is 16.7. The number of piperazine rings is 1. The van der Waals surface area contributed by atoms with E-state index in [9.17, 15) is 8.78 Å². The monoisotopic (exact) mass is 310 g/mol. The van der Waals surface area contributed by atoms with Gasteiger partial charge in [-0.25, -0.2) is 8.78 Å². The van der Waals surface area contributed by atoms with E-state index < -0.39 is 11.6 Å². The zero-order chi connectivity index (χ0) is 16.1. The minimum Gasteiger partial charge on any atom is -0.359 e. The number of guanidine groups is 1. The number of nitrogens with zero attached hydrogens (tertiary/aromatic N) is 3. The second-order valence-electron chi connectivity index (χ2n) is 5.41. The van der Waals surface area contributed by atoms with Gasteiger partial charge in [0.2, 0.25) is 0 Å². The van der Waals surface area contributed by atoms with Gasteiger partial charge in [-0.15, -0.1) is 0 Å². The number of nitrogens with one attached hydrogen (secondary N) is 1. The number of rotatable bonds is 3. The van der Waals surface area contributed by atoms with Crippen LogP contribution in [0.1, 0.15) is 24.9 Å². The maximum absolute atomic E-state index is 14.1. The summed E-state index contributed by atoms with van der Waals surface area (Å²) < 4.78 is 27.1. The van der Waals surface area contributed by atoms with E-state index in [-0.39, 0.29) is 6.04 Å². The van der Waals surface area contributed by atoms with Crippen LogP contribution in [0.5, 0.6) is 0 Å². The molecule has 0 bridgehead atoms. The van der Waals surface area contributed by atoms with Crippen molar-refractivity contribution in [1.29, 1.82) is 0 Å². The van der Waals surface area contributed by atoms with Crippen molar-refractivity contribution in [3.8, 4) is 0 Å². The molecule has 1 N–H and O–H groups in total. The van der Waals surface area contributed by atoms with Crippen molar-refractivity contribution in [3.63, 3.8) is 0 Å². The highest BCUT2D eigenvalue weighted by Crippen LogP contribution is 2.27. The second-order valence-corrected chi connectivity index (χ2v) is 5.41. The Morgan fingerprint density at radius 1 is 1.27 bits per heavy atom. The fourth-order valence-corrected chi connectivity index (χ4v) is 3.10. The Balaban J connectivity index is 2.08. The first-order valence-corrected chi connectivity index (χ1v) is 7.69. The van der Waals surface area contributed by atoms with E-state index in [2.05, 4.69) is 20.1 Å². The van der Waals surface area contributed by atoms with Gasteiger partial charge >= 0.3 is 0 Å². The molecular formula is C16H24F2N4. The molecule has 0 radical (unpaired) electrons. The first-order chi connectivity index (χ1) is 10.6. The maximum atomic E-state index is 14.1. The second kappa shape index (κ2) is 7.54. The van der Waals surface area contributed by atoms with Gasteiger partial charge in [0, 0.05) is 57.9 Å². The number of hydrogen-bond acceptors (Lipinski definition) is 2. The Hall–Kier alpha value is -1.69. The van der Waals surface area contributed by atoms with Crippen LogP contribution in [0.4, 0.5) is 8.78 Å². The largest absolute Gasteiger partial charge is 0.359 e. The van der Waals surface area contributed by atoms with Crippen LogP contribution < -0.4 is 5.32 Å². The number of aliphatic imine (C=N–C) groups is 1. The van der Waals surface area contributed by atoms with Crippen molar-refractivity contribution >= 4 is 5.96 Å². The normalized spacial score (nSPS) is 18.4. The zero-order valence-corrected chi connectivity index (χ0v) is 13.4. The average molecular weight is 310 g/mol. The SMILES string of the molecule is CCC(c1ccc(F)cc1F)N1CCN(C(=NC)NC)CC1. The molecule has 1 aromatic carbocycles. The summed E-state index contributed by atoms with van der Waals surface area (Å²) in [6.45, 7) is 5.37. The van der Waals surface area contributed by atoms with E-state index >= 15 is 0 Å². The molecule has 2 rings (SSSR count). The van der Waals surface area contributed by atoms with Crippen molar-refractivity contribution < 1.29 is 8.78 Å². The summed E-state index contributed by atoms with van der Waals surface area (Å²) in [6, 6.07) is 3.86. The lowest BCUT2D eigenvalue weighted by molar-refractivity contribution is 0.125. The quantitative estimate of drug-likeness (QED) is 0.686. The summed E-state index contributed by atoms with van der Waals surface area (Å²) in [5.41, 5.74) is 0.579. The lowest BCUT2D eigenvalue weighted by atomic mass is 10.0. The standard InChI is InChI=1S/C16H24F2N4/c1-4-15(13-6-5-12(17)11-14(13)18)21-7-9-22(10-8-21)16(19-2)20-3/h5-6,11,15H,4,7-10H2,1-3H3,(H,19,20). The topological polar surface area (TPSA) is 30.9 Å². The van der Waals surface area contributed by atoms with Crippen LogP contribution in [0.3, 0.4) is 0 Å². The highest BCUT2D eigenvalue weighted by atomic mass is 19.1. The van der Waals surface area contributed by atoms with Crippen LogP contribution in [-0.2, 0) is 0 Å². The molecule has 1 aliphatic rings. The van der Waals surface area contributed by atoms with Gasteiger partial charge in [-0.05, 0) is 12.5 Å².